The second-order valence-corrected chi connectivity index (χ2v) is 6.22. The van der Waals surface area contributed by atoms with Crippen LogP contribution in [0.1, 0.15) is 19.3 Å². The number of carbonyl (C=O) groups excluding carboxylic acids is 1. The van der Waals surface area contributed by atoms with Crippen molar-refractivity contribution in [2.75, 3.05) is 5.32 Å². The van der Waals surface area contributed by atoms with Crippen molar-refractivity contribution in [2.45, 2.75) is 19.3 Å². The first kappa shape index (κ1) is 12.6. The zero-order chi connectivity index (χ0) is 14.2. The number of hydrogen-bond acceptors (Lipinski definition) is 3. The van der Waals surface area contributed by atoms with E-state index in [2.05, 4.69) is 10.3 Å². The highest BCUT2D eigenvalue weighted by molar-refractivity contribution is 7.15. The van der Waals surface area contributed by atoms with Crippen molar-refractivity contribution >= 4 is 28.0 Å². The van der Waals surface area contributed by atoms with Crippen molar-refractivity contribution < 1.29 is 4.79 Å². The van der Waals surface area contributed by atoms with Gasteiger partial charge >= 0.3 is 0 Å². The Hall–Kier alpha value is -2.14. The van der Waals surface area contributed by atoms with Crippen molar-refractivity contribution in [3.05, 3.63) is 41.9 Å². The lowest BCUT2D eigenvalue weighted by Crippen LogP contribution is -2.28. The van der Waals surface area contributed by atoms with Crippen molar-refractivity contribution in [1.82, 2.24) is 9.38 Å². The van der Waals surface area contributed by atoms with Gasteiger partial charge in [0, 0.05) is 23.1 Å². The van der Waals surface area contributed by atoms with Gasteiger partial charge in [0.25, 0.3) is 0 Å². The van der Waals surface area contributed by atoms with Gasteiger partial charge in [-0.05, 0) is 12.8 Å². The molecule has 1 N–H and O–H groups in total. The number of aromatic nitrogens is 2. The molecule has 0 atom stereocenters. The maximum absolute atomic E-state index is 12.3. The number of carbonyl (C=O) groups is 1. The van der Waals surface area contributed by atoms with Crippen LogP contribution < -0.4 is 5.32 Å². The van der Waals surface area contributed by atoms with Crippen LogP contribution in [0.3, 0.4) is 0 Å². The number of nitrogens with zero attached hydrogens (tertiary/aromatic N) is 2. The molecule has 1 amide bonds. The fourth-order valence-corrected chi connectivity index (χ4v) is 3.31. The molecule has 2 aromatic heterocycles. The highest BCUT2D eigenvalue weighted by Gasteiger charge is 2.27. The molecule has 0 spiro atoms. The quantitative estimate of drug-likeness (QED) is 0.799. The van der Waals surface area contributed by atoms with Crippen LogP contribution in [0.5, 0.6) is 0 Å². The van der Waals surface area contributed by atoms with Crippen molar-refractivity contribution in [3.8, 4) is 11.3 Å². The lowest BCUT2D eigenvalue weighted by Gasteiger charge is -2.24. The lowest BCUT2D eigenvalue weighted by atomic mass is 9.85. The Balaban J connectivity index is 1.77. The molecule has 0 unspecified atom stereocenters. The first-order valence-electron chi connectivity index (χ1n) is 7.15. The minimum absolute atomic E-state index is 0.117. The van der Waals surface area contributed by atoms with E-state index in [4.69, 9.17) is 0 Å². The minimum Gasteiger partial charge on any atom is -0.310 e. The van der Waals surface area contributed by atoms with Crippen LogP contribution in [0.2, 0.25) is 0 Å². The van der Waals surface area contributed by atoms with Crippen molar-refractivity contribution in [3.63, 3.8) is 0 Å². The molecule has 4 rings (SSSR count). The molecule has 0 radical (unpaired) electrons. The average molecular weight is 297 g/mol. The molecule has 1 saturated carbocycles. The molecule has 0 bridgehead atoms. The summed E-state index contributed by atoms with van der Waals surface area (Å²) in [5.41, 5.74) is 1.87. The van der Waals surface area contributed by atoms with Gasteiger partial charge in [-0.3, -0.25) is 9.20 Å². The summed E-state index contributed by atoms with van der Waals surface area (Å²) in [4.78, 5) is 17.9. The third kappa shape index (κ3) is 2.14. The number of benzene rings is 1. The molecule has 1 aliphatic carbocycles. The molecule has 5 heteroatoms. The second-order valence-electron chi connectivity index (χ2n) is 5.35. The van der Waals surface area contributed by atoms with Gasteiger partial charge < -0.3 is 5.32 Å². The van der Waals surface area contributed by atoms with Gasteiger partial charge in [-0.1, -0.05) is 36.8 Å². The Labute approximate surface area is 126 Å². The fourth-order valence-electron chi connectivity index (χ4n) is 2.59. The molecule has 1 aromatic carbocycles. The largest absolute Gasteiger partial charge is 0.310 e. The Bertz CT molecular complexity index is 786. The number of rotatable bonds is 3. The summed E-state index contributed by atoms with van der Waals surface area (Å²) in [5, 5.41) is 5.07. The van der Waals surface area contributed by atoms with E-state index in [1.807, 2.05) is 46.3 Å². The van der Waals surface area contributed by atoms with Crippen molar-refractivity contribution in [1.29, 1.82) is 0 Å². The van der Waals surface area contributed by atoms with E-state index in [1.165, 1.54) is 0 Å². The second kappa shape index (κ2) is 5.00. The summed E-state index contributed by atoms with van der Waals surface area (Å²) < 4.78 is 1.96. The van der Waals surface area contributed by atoms with E-state index >= 15 is 0 Å². The molecule has 4 nitrogen and oxygen atoms in total. The molecule has 2 heterocycles. The first-order valence-corrected chi connectivity index (χ1v) is 8.03. The van der Waals surface area contributed by atoms with Crippen LogP contribution in [0.25, 0.3) is 16.2 Å². The topological polar surface area (TPSA) is 46.4 Å². The van der Waals surface area contributed by atoms with Crippen LogP contribution in [-0.4, -0.2) is 15.3 Å². The van der Waals surface area contributed by atoms with Gasteiger partial charge in [-0.25, -0.2) is 4.98 Å². The van der Waals surface area contributed by atoms with E-state index in [1.54, 1.807) is 11.3 Å². The summed E-state index contributed by atoms with van der Waals surface area (Å²) in [6.07, 6.45) is 5.11. The summed E-state index contributed by atoms with van der Waals surface area (Å²) in [7, 11) is 0. The maximum atomic E-state index is 12.3. The number of imidazole rings is 1. The predicted octanol–water partition coefficient (Wildman–Crippen LogP) is 3.80. The lowest BCUT2D eigenvalue weighted by molar-refractivity contribution is -0.122. The normalized spacial score (nSPS) is 15.0. The smallest absolute Gasteiger partial charge is 0.228 e. The third-order valence-corrected chi connectivity index (χ3v) is 4.78. The number of thiazole rings is 1. The van der Waals surface area contributed by atoms with Gasteiger partial charge in [0.05, 0.1) is 0 Å². The first-order chi connectivity index (χ1) is 10.3. The van der Waals surface area contributed by atoms with Gasteiger partial charge in [0.2, 0.25) is 5.91 Å². The Kier molecular flexibility index (Phi) is 3.00. The van der Waals surface area contributed by atoms with E-state index in [0.717, 1.165) is 41.3 Å². The highest BCUT2D eigenvalue weighted by Crippen LogP contribution is 2.33. The minimum atomic E-state index is 0.117. The Morgan fingerprint density at radius 3 is 2.81 bits per heavy atom. The molecule has 21 heavy (non-hydrogen) atoms. The summed E-state index contributed by atoms with van der Waals surface area (Å²) in [6.45, 7) is 0. The summed E-state index contributed by atoms with van der Waals surface area (Å²) >= 11 is 1.57. The molecule has 1 aliphatic rings. The van der Waals surface area contributed by atoms with Gasteiger partial charge in [-0.15, -0.1) is 11.3 Å². The molecule has 1 fully saturated rings. The monoisotopic (exact) mass is 297 g/mol. The SMILES string of the molecule is O=C(Nc1c(-c2ccccc2)nc2sccn12)C1CCC1. The molecular formula is C16H15N3OS. The average Bonchev–Trinajstić information content (AvgIpc) is 3.00. The number of fused-ring (bicyclic) bond motifs is 1. The molecule has 0 aliphatic heterocycles. The number of nitrogens with one attached hydrogen (secondary N) is 1. The highest BCUT2D eigenvalue weighted by atomic mass is 32.1. The van der Waals surface area contributed by atoms with E-state index in [0.29, 0.717) is 0 Å². The summed E-state index contributed by atoms with van der Waals surface area (Å²) in [5.74, 6) is 1.07. The maximum Gasteiger partial charge on any atom is 0.228 e. The fraction of sp³-hybridized carbons (Fsp3) is 0.250. The zero-order valence-electron chi connectivity index (χ0n) is 11.5. The molecular weight excluding hydrogens is 282 g/mol. The van der Waals surface area contributed by atoms with E-state index in [9.17, 15) is 4.79 Å². The van der Waals surface area contributed by atoms with E-state index < -0.39 is 0 Å². The number of amides is 1. The van der Waals surface area contributed by atoms with Crippen LogP contribution in [-0.2, 0) is 4.79 Å². The Morgan fingerprint density at radius 2 is 2.10 bits per heavy atom. The van der Waals surface area contributed by atoms with Gasteiger partial charge in [0.15, 0.2) is 4.96 Å². The van der Waals surface area contributed by atoms with Gasteiger partial charge in [0.1, 0.15) is 11.5 Å². The third-order valence-electron chi connectivity index (χ3n) is 4.03. The predicted molar refractivity (Wildman–Crippen MR) is 84.5 cm³/mol. The number of hydrogen-bond donors (Lipinski definition) is 1. The van der Waals surface area contributed by atoms with Crippen LogP contribution in [0.15, 0.2) is 41.9 Å². The standard InChI is InChI=1S/C16H15N3OS/c20-15(12-7-4-8-12)18-14-13(11-5-2-1-3-6-11)17-16-19(14)9-10-21-16/h1-3,5-6,9-10,12H,4,7-8H2,(H,18,20). The van der Waals surface area contributed by atoms with E-state index in [-0.39, 0.29) is 11.8 Å². The van der Waals surface area contributed by atoms with Crippen LogP contribution in [0.4, 0.5) is 5.82 Å². The molecule has 106 valence electrons. The zero-order valence-corrected chi connectivity index (χ0v) is 12.3. The summed E-state index contributed by atoms with van der Waals surface area (Å²) in [6, 6.07) is 9.99. The molecule has 0 saturated heterocycles. The Morgan fingerprint density at radius 1 is 1.29 bits per heavy atom. The van der Waals surface area contributed by atoms with Crippen LogP contribution in [0, 0.1) is 5.92 Å². The van der Waals surface area contributed by atoms with Crippen LogP contribution >= 0.6 is 11.3 Å². The van der Waals surface area contributed by atoms with Gasteiger partial charge in [-0.2, -0.15) is 0 Å². The number of anilines is 1. The van der Waals surface area contributed by atoms with Crippen molar-refractivity contribution in [2.24, 2.45) is 5.92 Å². The molecule has 3 aromatic rings.